The van der Waals surface area contributed by atoms with Gasteiger partial charge in [-0.15, -0.1) is 0 Å². The number of fused-ring (bicyclic) bond motifs is 1. The Morgan fingerprint density at radius 2 is 1.95 bits per heavy atom. The average Bonchev–Trinajstić information content (AvgIpc) is 2.42. The highest BCUT2D eigenvalue weighted by Gasteiger charge is 2.35. The van der Waals surface area contributed by atoms with E-state index in [1.165, 1.54) is 12.0 Å². The molecule has 0 radical (unpaired) electrons. The van der Waals surface area contributed by atoms with Gasteiger partial charge in [0.2, 0.25) is 0 Å². The maximum Gasteiger partial charge on any atom is 0.161 e. The Balaban J connectivity index is 1.55. The van der Waals surface area contributed by atoms with E-state index in [0.717, 1.165) is 37.4 Å². The summed E-state index contributed by atoms with van der Waals surface area (Å²) in [5.41, 5.74) is 1.32. The number of aliphatic hydroxyl groups is 1. The minimum atomic E-state index is 0.133. The maximum atomic E-state index is 9.42. The highest BCUT2D eigenvalue weighted by atomic mass is 16.6. The third-order valence-corrected chi connectivity index (χ3v) is 4.19. The van der Waals surface area contributed by atoms with Crippen LogP contribution in [-0.4, -0.2) is 31.5 Å². The van der Waals surface area contributed by atoms with Crippen LogP contribution >= 0.6 is 0 Å². The maximum absolute atomic E-state index is 9.42. The van der Waals surface area contributed by atoms with Crippen molar-refractivity contribution in [2.24, 2.45) is 5.41 Å². The van der Waals surface area contributed by atoms with E-state index in [-0.39, 0.29) is 5.41 Å². The van der Waals surface area contributed by atoms with Crippen LogP contribution in [0.2, 0.25) is 0 Å². The van der Waals surface area contributed by atoms with Crippen LogP contribution in [-0.2, 0) is 6.54 Å². The van der Waals surface area contributed by atoms with Gasteiger partial charge in [0.25, 0.3) is 0 Å². The van der Waals surface area contributed by atoms with E-state index in [1.807, 2.05) is 12.1 Å². The van der Waals surface area contributed by atoms with Gasteiger partial charge in [-0.3, -0.25) is 0 Å². The van der Waals surface area contributed by atoms with Gasteiger partial charge in [-0.1, -0.05) is 12.5 Å². The molecule has 0 atom stereocenters. The Morgan fingerprint density at radius 3 is 2.63 bits per heavy atom. The Hall–Kier alpha value is -1.26. The van der Waals surface area contributed by atoms with Crippen molar-refractivity contribution in [3.63, 3.8) is 0 Å². The molecule has 4 nitrogen and oxygen atoms in total. The summed E-state index contributed by atoms with van der Waals surface area (Å²) in [4.78, 5) is 0. The van der Waals surface area contributed by atoms with Crippen LogP contribution in [0.25, 0.3) is 0 Å². The molecule has 0 bridgehead atoms. The normalized spacial score (nSPS) is 19.8. The van der Waals surface area contributed by atoms with Crippen LogP contribution in [0.1, 0.15) is 24.8 Å². The van der Waals surface area contributed by atoms with Crippen LogP contribution in [0.15, 0.2) is 18.2 Å². The molecule has 0 amide bonds. The zero-order valence-corrected chi connectivity index (χ0v) is 11.2. The fourth-order valence-electron chi connectivity index (χ4n) is 2.74. The topological polar surface area (TPSA) is 50.7 Å². The molecule has 1 heterocycles. The first-order valence-electron chi connectivity index (χ1n) is 7.01. The first-order chi connectivity index (χ1) is 9.31. The minimum absolute atomic E-state index is 0.133. The Morgan fingerprint density at radius 1 is 1.16 bits per heavy atom. The second-order valence-electron chi connectivity index (χ2n) is 5.59. The zero-order valence-electron chi connectivity index (χ0n) is 11.2. The fraction of sp³-hybridized carbons (Fsp3) is 0.600. The Labute approximate surface area is 113 Å². The van der Waals surface area contributed by atoms with Crippen LogP contribution < -0.4 is 14.8 Å². The molecule has 19 heavy (non-hydrogen) atoms. The van der Waals surface area contributed by atoms with Crippen LogP contribution in [0, 0.1) is 5.41 Å². The molecule has 0 aromatic heterocycles. The summed E-state index contributed by atoms with van der Waals surface area (Å²) in [5.74, 6) is 1.67. The predicted octanol–water partition coefficient (Wildman–Crippen LogP) is 1.71. The van der Waals surface area contributed by atoms with E-state index in [4.69, 9.17) is 9.47 Å². The van der Waals surface area contributed by atoms with Gasteiger partial charge in [-0.05, 0) is 30.5 Å². The highest BCUT2D eigenvalue weighted by Crippen LogP contribution is 2.39. The predicted molar refractivity (Wildman–Crippen MR) is 72.5 cm³/mol. The zero-order chi connectivity index (χ0) is 13.1. The summed E-state index contributed by atoms with van der Waals surface area (Å²) >= 11 is 0. The summed E-state index contributed by atoms with van der Waals surface area (Å²) in [6.45, 7) is 3.23. The molecule has 1 fully saturated rings. The summed E-state index contributed by atoms with van der Waals surface area (Å²) < 4.78 is 11.1. The second-order valence-corrected chi connectivity index (χ2v) is 5.59. The summed E-state index contributed by atoms with van der Waals surface area (Å²) in [5, 5.41) is 12.9. The summed E-state index contributed by atoms with van der Waals surface area (Å²) in [7, 11) is 0. The lowest BCUT2D eigenvalue weighted by atomic mass is 9.69. The van der Waals surface area contributed by atoms with Crippen molar-refractivity contribution in [3.8, 4) is 11.5 Å². The van der Waals surface area contributed by atoms with Crippen LogP contribution in [0.3, 0.4) is 0 Å². The van der Waals surface area contributed by atoms with Crippen molar-refractivity contribution in [1.29, 1.82) is 0 Å². The first kappa shape index (κ1) is 12.8. The van der Waals surface area contributed by atoms with Gasteiger partial charge in [-0.25, -0.2) is 0 Å². The molecular weight excluding hydrogens is 242 g/mol. The molecule has 3 rings (SSSR count). The van der Waals surface area contributed by atoms with Gasteiger partial charge in [-0.2, -0.15) is 0 Å². The number of benzene rings is 1. The number of aliphatic hydroxyl groups excluding tert-OH is 1. The fourth-order valence-corrected chi connectivity index (χ4v) is 2.74. The molecule has 0 unspecified atom stereocenters. The molecule has 1 aromatic carbocycles. The molecular formula is C15H21NO3. The lowest BCUT2D eigenvalue weighted by molar-refractivity contribution is 0.0445. The van der Waals surface area contributed by atoms with Crippen molar-refractivity contribution < 1.29 is 14.6 Å². The minimum Gasteiger partial charge on any atom is -0.486 e. The Bertz CT molecular complexity index is 438. The van der Waals surface area contributed by atoms with E-state index in [9.17, 15) is 5.11 Å². The monoisotopic (exact) mass is 263 g/mol. The molecule has 2 aliphatic rings. The number of ether oxygens (including phenoxy) is 2. The average molecular weight is 263 g/mol. The lowest BCUT2D eigenvalue weighted by Gasteiger charge is -2.40. The van der Waals surface area contributed by atoms with Gasteiger partial charge in [0.1, 0.15) is 13.2 Å². The van der Waals surface area contributed by atoms with E-state index in [1.54, 1.807) is 0 Å². The van der Waals surface area contributed by atoms with Crippen LogP contribution in [0.4, 0.5) is 0 Å². The van der Waals surface area contributed by atoms with Gasteiger partial charge in [0.15, 0.2) is 11.5 Å². The molecule has 4 heteroatoms. The van der Waals surface area contributed by atoms with Crippen molar-refractivity contribution in [2.45, 2.75) is 25.8 Å². The first-order valence-corrected chi connectivity index (χ1v) is 7.01. The quantitative estimate of drug-likeness (QED) is 0.849. The van der Waals surface area contributed by atoms with Gasteiger partial charge < -0.3 is 19.9 Å². The summed E-state index contributed by atoms with van der Waals surface area (Å²) in [6.07, 6.45) is 3.52. The van der Waals surface area contributed by atoms with Gasteiger partial charge in [0.05, 0.1) is 0 Å². The molecule has 0 spiro atoms. The number of hydrogen-bond donors (Lipinski definition) is 2. The number of hydrogen-bond acceptors (Lipinski definition) is 4. The molecule has 2 N–H and O–H groups in total. The smallest absolute Gasteiger partial charge is 0.161 e. The van der Waals surface area contributed by atoms with Crippen molar-refractivity contribution in [1.82, 2.24) is 5.32 Å². The lowest BCUT2D eigenvalue weighted by Crippen LogP contribution is -2.42. The number of rotatable bonds is 5. The van der Waals surface area contributed by atoms with Crippen molar-refractivity contribution >= 4 is 0 Å². The molecule has 104 valence electrons. The SMILES string of the molecule is OCC1(CNCc2ccc3c(c2)OCCO3)CCC1. The van der Waals surface area contributed by atoms with E-state index >= 15 is 0 Å². The molecule has 1 aromatic rings. The Kier molecular flexibility index (Phi) is 3.62. The van der Waals surface area contributed by atoms with Crippen molar-refractivity contribution in [2.75, 3.05) is 26.4 Å². The molecule has 1 aliphatic heterocycles. The number of nitrogens with one attached hydrogen (secondary N) is 1. The third kappa shape index (κ3) is 2.69. The third-order valence-electron chi connectivity index (χ3n) is 4.19. The van der Waals surface area contributed by atoms with E-state index < -0.39 is 0 Å². The highest BCUT2D eigenvalue weighted by molar-refractivity contribution is 5.43. The van der Waals surface area contributed by atoms with Gasteiger partial charge in [0, 0.05) is 25.1 Å². The molecule has 1 aliphatic carbocycles. The van der Waals surface area contributed by atoms with E-state index in [0.29, 0.717) is 19.8 Å². The standard InChI is InChI=1S/C15H21NO3/c17-11-15(4-1-5-15)10-16-9-12-2-3-13-14(8-12)19-7-6-18-13/h2-3,8,16-17H,1,4-7,9-11H2. The van der Waals surface area contributed by atoms with Crippen molar-refractivity contribution in [3.05, 3.63) is 23.8 Å². The summed E-state index contributed by atoms with van der Waals surface area (Å²) in [6, 6.07) is 6.07. The van der Waals surface area contributed by atoms with E-state index in [2.05, 4.69) is 11.4 Å². The molecule has 0 saturated heterocycles. The van der Waals surface area contributed by atoms with Crippen LogP contribution in [0.5, 0.6) is 11.5 Å². The van der Waals surface area contributed by atoms with Gasteiger partial charge >= 0.3 is 0 Å². The molecule has 1 saturated carbocycles. The second kappa shape index (κ2) is 5.39. The largest absolute Gasteiger partial charge is 0.486 e.